The van der Waals surface area contributed by atoms with Gasteiger partial charge in [0.15, 0.2) is 5.96 Å². The summed E-state index contributed by atoms with van der Waals surface area (Å²) in [4.78, 5) is 13.7. The molecule has 0 unspecified atom stereocenters. The number of hydrogen-bond donors (Lipinski definition) is 1. The molecule has 1 aromatic rings. The molecule has 2 aliphatic rings. The van der Waals surface area contributed by atoms with Gasteiger partial charge in [-0.05, 0) is 30.4 Å². The number of aromatic nitrogens is 1. The second-order valence-electron chi connectivity index (χ2n) is 7.08. The molecular weight excluding hydrogens is 286 g/mol. The quantitative estimate of drug-likeness (QED) is 0.687. The lowest BCUT2D eigenvalue weighted by Gasteiger charge is -2.38. The van der Waals surface area contributed by atoms with E-state index in [0.717, 1.165) is 44.5 Å². The highest BCUT2D eigenvalue weighted by atomic mass is 15.4. The van der Waals surface area contributed by atoms with Gasteiger partial charge in [-0.15, -0.1) is 0 Å². The van der Waals surface area contributed by atoms with Crippen LogP contribution in [0.3, 0.4) is 0 Å². The maximum atomic E-state index is 4.50. The van der Waals surface area contributed by atoms with Crippen LogP contribution in [0.4, 0.5) is 5.82 Å². The number of pyridine rings is 1. The lowest BCUT2D eigenvalue weighted by Crippen LogP contribution is -2.53. The Morgan fingerprint density at radius 1 is 1.22 bits per heavy atom. The van der Waals surface area contributed by atoms with Crippen LogP contribution in [0.1, 0.15) is 32.6 Å². The topological polar surface area (TPSA) is 43.8 Å². The smallest absolute Gasteiger partial charge is 0.193 e. The average molecular weight is 315 g/mol. The third-order valence-corrected chi connectivity index (χ3v) is 5.25. The molecule has 1 aliphatic carbocycles. The van der Waals surface area contributed by atoms with Gasteiger partial charge in [-0.25, -0.2) is 4.98 Å². The third kappa shape index (κ3) is 3.95. The van der Waals surface area contributed by atoms with E-state index < -0.39 is 0 Å². The van der Waals surface area contributed by atoms with Crippen LogP contribution in [0.5, 0.6) is 0 Å². The molecule has 0 amide bonds. The van der Waals surface area contributed by atoms with Gasteiger partial charge in [0, 0.05) is 46.0 Å². The molecule has 1 saturated heterocycles. The van der Waals surface area contributed by atoms with Gasteiger partial charge in [0.1, 0.15) is 5.82 Å². The monoisotopic (exact) mass is 315 g/mol. The first kappa shape index (κ1) is 16.1. The molecule has 1 aliphatic heterocycles. The Hall–Kier alpha value is -1.78. The van der Waals surface area contributed by atoms with E-state index >= 15 is 0 Å². The van der Waals surface area contributed by atoms with Gasteiger partial charge >= 0.3 is 0 Å². The minimum Gasteiger partial charge on any atom is -0.356 e. The number of guanidine groups is 1. The molecule has 0 spiro atoms. The molecular formula is C18H29N5. The fraction of sp³-hybridized carbons (Fsp3) is 0.667. The summed E-state index contributed by atoms with van der Waals surface area (Å²) in [5.74, 6) is 2.13. The molecule has 0 atom stereocenters. The van der Waals surface area contributed by atoms with Gasteiger partial charge in [0.05, 0.1) is 0 Å². The third-order valence-electron chi connectivity index (χ3n) is 5.25. The predicted molar refractivity (Wildman–Crippen MR) is 96.0 cm³/mol. The van der Waals surface area contributed by atoms with Crippen molar-refractivity contribution in [2.45, 2.75) is 32.6 Å². The molecule has 5 heteroatoms. The number of rotatable bonds is 3. The molecule has 5 nitrogen and oxygen atoms in total. The Morgan fingerprint density at radius 2 is 1.96 bits per heavy atom. The second kappa shape index (κ2) is 7.20. The maximum absolute atomic E-state index is 4.50. The molecule has 0 radical (unpaired) electrons. The minimum atomic E-state index is 0.450. The lowest BCUT2D eigenvalue weighted by atomic mass is 9.89. The number of anilines is 1. The van der Waals surface area contributed by atoms with Gasteiger partial charge in [-0.3, -0.25) is 4.99 Å². The van der Waals surface area contributed by atoms with Crippen LogP contribution in [-0.4, -0.2) is 55.6 Å². The number of nitrogens with zero attached hydrogens (tertiary/aromatic N) is 4. The zero-order valence-corrected chi connectivity index (χ0v) is 14.5. The molecule has 2 fully saturated rings. The highest BCUT2D eigenvalue weighted by molar-refractivity contribution is 5.80. The van der Waals surface area contributed by atoms with Crippen molar-refractivity contribution in [2.24, 2.45) is 10.4 Å². The highest BCUT2D eigenvalue weighted by Gasteiger charge is 2.29. The number of piperazine rings is 1. The van der Waals surface area contributed by atoms with Crippen molar-refractivity contribution in [3.05, 3.63) is 24.4 Å². The first-order valence-electron chi connectivity index (χ1n) is 8.82. The Balaban J connectivity index is 1.51. The van der Waals surface area contributed by atoms with Crippen LogP contribution in [-0.2, 0) is 0 Å². The van der Waals surface area contributed by atoms with E-state index in [0.29, 0.717) is 5.41 Å². The van der Waals surface area contributed by atoms with E-state index in [1.165, 1.54) is 25.7 Å². The molecule has 1 N–H and O–H groups in total. The summed E-state index contributed by atoms with van der Waals surface area (Å²) < 4.78 is 0. The highest BCUT2D eigenvalue weighted by Crippen LogP contribution is 2.36. The van der Waals surface area contributed by atoms with E-state index in [2.05, 4.69) is 44.1 Å². The van der Waals surface area contributed by atoms with Crippen LogP contribution in [0, 0.1) is 5.41 Å². The summed E-state index contributed by atoms with van der Waals surface area (Å²) >= 11 is 0. The molecule has 23 heavy (non-hydrogen) atoms. The summed E-state index contributed by atoms with van der Waals surface area (Å²) in [6.45, 7) is 7.42. The zero-order chi connectivity index (χ0) is 16.1. The van der Waals surface area contributed by atoms with Crippen LogP contribution in [0.2, 0.25) is 0 Å². The summed E-state index contributed by atoms with van der Waals surface area (Å²) in [7, 11) is 1.89. The van der Waals surface area contributed by atoms with Crippen molar-refractivity contribution < 1.29 is 0 Å². The summed E-state index contributed by atoms with van der Waals surface area (Å²) in [6, 6.07) is 6.11. The van der Waals surface area contributed by atoms with Crippen molar-refractivity contribution in [3.8, 4) is 0 Å². The number of aliphatic imine (C=N–C) groups is 1. The Morgan fingerprint density at radius 3 is 2.57 bits per heavy atom. The fourth-order valence-corrected chi connectivity index (χ4v) is 3.72. The summed E-state index contributed by atoms with van der Waals surface area (Å²) in [5.41, 5.74) is 0.450. The van der Waals surface area contributed by atoms with Gasteiger partial charge < -0.3 is 15.1 Å². The summed E-state index contributed by atoms with van der Waals surface area (Å²) in [6.07, 6.45) is 7.29. The number of hydrogen-bond acceptors (Lipinski definition) is 3. The molecule has 126 valence electrons. The average Bonchev–Trinajstić information content (AvgIpc) is 3.04. The van der Waals surface area contributed by atoms with E-state index in [4.69, 9.17) is 0 Å². The van der Waals surface area contributed by atoms with Gasteiger partial charge in [-0.1, -0.05) is 25.8 Å². The fourth-order valence-electron chi connectivity index (χ4n) is 3.72. The lowest BCUT2D eigenvalue weighted by molar-refractivity contribution is 0.317. The van der Waals surface area contributed by atoms with Crippen LogP contribution in [0.15, 0.2) is 29.4 Å². The van der Waals surface area contributed by atoms with E-state index in [9.17, 15) is 0 Å². The second-order valence-corrected chi connectivity index (χ2v) is 7.08. The molecule has 3 rings (SSSR count). The molecule has 0 aromatic carbocycles. The van der Waals surface area contributed by atoms with Crippen molar-refractivity contribution in [2.75, 3.05) is 44.7 Å². The maximum Gasteiger partial charge on any atom is 0.193 e. The van der Waals surface area contributed by atoms with Crippen molar-refractivity contribution >= 4 is 11.8 Å². The Kier molecular flexibility index (Phi) is 5.03. The van der Waals surface area contributed by atoms with Crippen molar-refractivity contribution in [3.63, 3.8) is 0 Å². The van der Waals surface area contributed by atoms with Crippen molar-refractivity contribution in [1.82, 2.24) is 15.2 Å². The van der Waals surface area contributed by atoms with Crippen molar-refractivity contribution in [1.29, 1.82) is 0 Å². The molecule has 1 saturated carbocycles. The first-order valence-corrected chi connectivity index (χ1v) is 8.82. The molecule has 1 aromatic heterocycles. The normalized spacial score (nSPS) is 21.6. The molecule has 2 heterocycles. The largest absolute Gasteiger partial charge is 0.356 e. The zero-order valence-electron chi connectivity index (χ0n) is 14.5. The predicted octanol–water partition coefficient (Wildman–Crippen LogP) is 2.36. The van der Waals surface area contributed by atoms with Gasteiger partial charge in [0.2, 0.25) is 0 Å². The Labute approximate surface area is 139 Å². The van der Waals surface area contributed by atoms with Gasteiger partial charge in [0.25, 0.3) is 0 Å². The van der Waals surface area contributed by atoms with Crippen LogP contribution >= 0.6 is 0 Å². The molecule has 0 bridgehead atoms. The Bertz CT molecular complexity index is 513. The van der Waals surface area contributed by atoms with Crippen LogP contribution < -0.4 is 10.2 Å². The first-order chi connectivity index (χ1) is 11.2. The van der Waals surface area contributed by atoms with E-state index in [-0.39, 0.29) is 0 Å². The van der Waals surface area contributed by atoms with E-state index in [1.807, 2.05) is 19.3 Å². The number of nitrogens with one attached hydrogen (secondary N) is 1. The van der Waals surface area contributed by atoms with Crippen LogP contribution in [0.25, 0.3) is 0 Å². The van der Waals surface area contributed by atoms with Gasteiger partial charge in [-0.2, -0.15) is 0 Å². The summed E-state index contributed by atoms with van der Waals surface area (Å²) in [5, 5.41) is 3.62. The van der Waals surface area contributed by atoms with E-state index in [1.54, 1.807) is 0 Å². The SMILES string of the molecule is CN=C(NCC1(C)CCCC1)N1CCN(c2ccccn2)CC1. The minimum absolute atomic E-state index is 0.450. The standard InChI is InChI=1S/C18H29N5/c1-18(8-4-5-9-18)15-21-17(19-2)23-13-11-22(12-14-23)16-7-3-6-10-20-16/h3,6-7,10H,4-5,8-9,11-15H2,1-2H3,(H,19,21).